The molecular weight excluding hydrogens is 301 g/mol. The molecular formula is C12H15BrFN3O. The first-order chi connectivity index (χ1) is 8.47. The van der Waals surface area contributed by atoms with Crippen molar-refractivity contribution in [1.29, 1.82) is 0 Å². The molecule has 2 rings (SSSR count). The predicted molar refractivity (Wildman–Crippen MR) is 72.9 cm³/mol. The first-order valence-electron chi connectivity index (χ1n) is 5.74. The fourth-order valence-electron chi connectivity index (χ4n) is 2.21. The van der Waals surface area contributed by atoms with Gasteiger partial charge in [-0.2, -0.15) is 0 Å². The molecule has 0 aliphatic carbocycles. The van der Waals surface area contributed by atoms with Crippen molar-refractivity contribution in [2.45, 2.75) is 19.4 Å². The number of halogens is 2. The van der Waals surface area contributed by atoms with Crippen LogP contribution in [0.15, 0.2) is 16.6 Å². The quantitative estimate of drug-likeness (QED) is 0.819. The van der Waals surface area contributed by atoms with Gasteiger partial charge in [0.15, 0.2) is 0 Å². The van der Waals surface area contributed by atoms with E-state index in [9.17, 15) is 9.18 Å². The lowest BCUT2D eigenvalue weighted by Crippen LogP contribution is -2.35. The number of carbonyl (C=O) groups excluding carboxylic acids is 1. The van der Waals surface area contributed by atoms with Crippen LogP contribution in [0.4, 0.5) is 15.8 Å². The number of nitrogens with zero attached hydrogens (tertiary/aromatic N) is 1. The number of hydrogen-bond acceptors (Lipinski definition) is 3. The molecule has 1 aromatic rings. The minimum atomic E-state index is -0.331. The van der Waals surface area contributed by atoms with Crippen LogP contribution in [0.3, 0.4) is 0 Å². The molecule has 98 valence electrons. The molecule has 0 aromatic heterocycles. The zero-order valence-corrected chi connectivity index (χ0v) is 11.6. The second-order valence-corrected chi connectivity index (χ2v) is 5.31. The molecule has 1 heterocycles. The van der Waals surface area contributed by atoms with Crippen LogP contribution >= 0.6 is 15.9 Å². The van der Waals surface area contributed by atoms with Crippen molar-refractivity contribution in [1.82, 2.24) is 5.32 Å². The smallest absolute Gasteiger partial charge is 0.217 e. The molecule has 6 heteroatoms. The van der Waals surface area contributed by atoms with Crippen LogP contribution in [0.5, 0.6) is 0 Å². The van der Waals surface area contributed by atoms with Crippen LogP contribution in [-0.4, -0.2) is 25.0 Å². The molecule has 1 saturated heterocycles. The maximum absolute atomic E-state index is 13.5. The number of anilines is 2. The van der Waals surface area contributed by atoms with Crippen LogP contribution in [0.2, 0.25) is 0 Å². The van der Waals surface area contributed by atoms with Gasteiger partial charge in [0.25, 0.3) is 0 Å². The summed E-state index contributed by atoms with van der Waals surface area (Å²) in [7, 11) is 0. The molecule has 18 heavy (non-hydrogen) atoms. The Hall–Kier alpha value is -1.30. The maximum atomic E-state index is 13.5. The van der Waals surface area contributed by atoms with Gasteiger partial charge in [-0.3, -0.25) is 4.79 Å². The largest absolute Gasteiger partial charge is 0.397 e. The number of nitrogens with two attached hydrogens (primary N) is 1. The van der Waals surface area contributed by atoms with Crippen molar-refractivity contribution in [2.75, 3.05) is 23.7 Å². The van der Waals surface area contributed by atoms with E-state index in [2.05, 4.69) is 21.2 Å². The van der Waals surface area contributed by atoms with Gasteiger partial charge in [0.05, 0.1) is 15.8 Å². The summed E-state index contributed by atoms with van der Waals surface area (Å²) in [4.78, 5) is 13.0. The highest BCUT2D eigenvalue weighted by atomic mass is 79.9. The lowest BCUT2D eigenvalue weighted by Gasteiger charge is -2.21. The van der Waals surface area contributed by atoms with Crippen molar-refractivity contribution in [2.24, 2.45) is 0 Å². The van der Waals surface area contributed by atoms with Crippen molar-refractivity contribution in [3.05, 3.63) is 22.4 Å². The number of amides is 1. The van der Waals surface area contributed by atoms with Gasteiger partial charge < -0.3 is 16.0 Å². The lowest BCUT2D eigenvalue weighted by atomic mass is 10.2. The summed E-state index contributed by atoms with van der Waals surface area (Å²) in [5.74, 6) is -0.376. The highest BCUT2D eigenvalue weighted by Crippen LogP contribution is 2.31. The van der Waals surface area contributed by atoms with E-state index < -0.39 is 0 Å². The van der Waals surface area contributed by atoms with Crippen molar-refractivity contribution in [3.63, 3.8) is 0 Å². The van der Waals surface area contributed by atoms with Gasteiger partial charge in [-0.25, -0.2) is 4.39 Å². The third-order valence-corrected chi connectivity index (χ3v) is 3.61. The second-order valence-electron chi connectivity index (χ2n) is 4.46. The Morgan fingerprint density at radius 1 is 1.61 bits per heavy atom. The average Bonchev–Trinajstić information content (AvgIpc) is 2.70. The van der Waals surface area contributed by atoms with Crippen molar-refractivity contribution in [3.8, 4) is 0 Å². The summed E-state index contributed by atoms with van der Waals surface area (Å²) in [6.45, 7) is 2.91. The maximum Gasteiger partial charge on any atom is 0.217 e. The third-order valence-electron chi connectivity index (χ3n) is 3.01. The highest BCUT2D eigenvalue weighted by Gasteiger charge is 2.25. The fraction of sp³-hybridized carbons (Fsp3) is 0.417. The Bertz CT molecular complexity index is 481. The predicted octanol–water partition coefficient (Wildman–Crippen LogP) is 1.89. The SMILES string of the molecule is CC(=O)NC1CCN(c2cc(F)c(Br)cc2N)C1. The van der Waals surface area contributed by atoms with Gasteiger partial charge in [-0.05, 0) is 28.4 Å². The zero-order chi connectivity index (χ0) is 13.3. The van der Waals surface area contributed by atoms with Gasteiger partial charge in [-0.15, -0.1) is 0 Å². The van der Waals surface area contributed by atoms with E-state index in [-0.39, 0.29) is 17.8 Å². The van der Waals surface area contributed by atoms with E-state index >= 15 is 0 Å². The van der Waals surface area contributed by atoms with Gasteiger partial charge in [0, 0.05) is 32.1 Å². The number of carbonyl (C=O) groups is 1. The summed E-state index contributed by atoms with van der Waals surface area (Å²) in [6.07, 6.45) is 0.844. The minimum absolute atomic E-state index is 0.0446. The van der Waals surface area contributed by atoms with Gasteiger partial charge in [-0.1, -0.05) is 0 Å². The van der Waals surface area contributed by atoms with Gasteiger partial charge in [0.1, 0.15) is 5.82 Å². The number of nitrogens with one attached hydrogen (secondary N) is 1. The van der Waals surface area contributed by atoms with E-state index in [0.717, 1.165) is 13.0 Å². The molecule has 0 bridgehead atoms. The molecule has 1 atom stereocenters. The first-order valence-corrected chi connectivity index (χ1v) is 6.53. The van der Waals surface area contributed by atoms with Crippen LogP contribution in [-0.2, 0) is 4.79 Å². The summed E-state index contributed by atoms with van der Waals surface area (Å²) in [5, 5.41) is 2.86. The fourth-order valence-corrected chi connectivity index (χ4v) is 2.57. The second kappa shape index (κ2) is 5.14. The van der Waals surface area contributed by atoms with Crippen molar-refractivity contribution >= 4 is 33.2 Å². The Labute approximate surface area is 113 Å². The number of hydrogen-bond donors (Lipinski definition) is 2. The van der Waals surface area contributed by atoms with E-state index in [1.54, 1.807) is 6.07 Å². The summed E-state index contributed by atoms with van der Waals surface area (Å²) < 4.78 is 13.9. The highest BCUT2D eigenvalue weighted by molar-refractivity contribution is 9.10. The van der Waals surface area contributed by atoms with Crippen LogP contribution < -0.4 is 16.0 Å². The Kier molecular flexibility index (Phi) is 3.75. The minimum Gasteiger partial charge on any atom is -0.397 e. The van der Waals surface area contributed by atoms with Crippen LogP contribution in [0, 0.1) is 5.82 Å². The van der Waals surface area contributed by atoms with E-state index in [1.165, 1.54) is 13.0 Å². The Balaban J connectivity index is 2.14. The summed E-state index contributed by atoms with van der Waals surface area (Å²) in [5.41, 5.74) is 7.11. The monoisotopic (exact) mass is 315 g/mol. The zero-order valence-electron chi connectivity index (χ0n) is 10.0. The number of nitrogen functional groups attached to an aromatic ring is 1. The van der Waals surface area contributed by atoms with Crippen LogP contribution in [0.25, 0.3) is 0 Å². The molecule has 1 fully saturated rings. The molecule has 1 aromatic carbocycles. The molecule has 1 amide bonds. The molecule has 4 nitrogen and oxygen atoms in total. The molecule has 0 radical (unpaired) electrons. The van der Waals surface area contributed by atoms with Gasteiger partial charge >= 0.3 is 0 Å². The molecule has 0 spiro atoms. The lowest BCUT2D eigenvalue weighted by molar-refractivity contribution is -0.119. The van der Waals surface area contributed by atoms with Crippen LogP contribution in [0.1, 0.15) is 13.3 Å². The van der Waals surface area contributed by atoms with Crippen molar-refractivity contribution < 1.29 is 9.18 Å². The molecule has 1 aliphatic rings. The molecule has 0 saturated carbocycles. The molecule has 1 aliphatic heterocycles. The van der Waals surface area contributed by atoms with E-state index in [1.807, 2.05) is 4.90 Å². The third kappa shape index (κ3) is 2.75. The van der Waals surface area contributed by atoms with E-state index in [4.69, 9.17) is 5.73 Å². The topological polar surface area (TPSA) is 58.4 Å². The number of benzene rings is 1. The molecule has 1 unspecified atom stereocenters. The molecule has 3 N–H and O–H groups in total. The standard InChI is InChI=1S/C12H15BrFN3O/c1-7(18)16-8-2-3-17(6-8)12-5-10(14)9(13)4-11(12)15/h4-5,8H,2-3,6,15H2,1H3,(H,16,18). The van der Waals surface area contributed by atoms with E-state index in [0.29, 0.717) is 22.4 Å². The number of rotatable bonds is 2. The first kappa shape index (κ1) is 13.1. The average molecular weight is 316 g/mol. The Morgan fingerprint density at radius 2 is 2.33 bits per heavy atom. The summed E-state index contributed by atoms with van der Waals surface area (Å²) >= 11 is 3.10. The summed E-state index contributed by atoms with van der Waals surface area (Å²) in [6, 6.07) is 3.10. The Morgan fingerprint density at radius 3 is 3.00 bits per heavy atom. The normalized spacial score (nSPS) is 19.1. The van der Waals surface area contributed by atoms with Gasteiger partial charge in [0.2, 0.25) is 5.91 Å².